The van der Waals surface area contributed by atoms with E-state index in [9.17, 15) is 4.79 Å². The molecule has 4 nitrogen and oxygen atoms in total. The van der Waals surface area contributed by atoms with Crippen LogP contribution in [0.4, 0.5) is 0 Å². The summed E-state index contributed by atoms with van der Waals surface area (Å²) in [6.45, 7) is 1.12. The second kappa shape index (κ2) is 5.59. The highest BCUT2D eigenvalue weighted by Gasteiger charge is 2.29. The number of hydrogen-bond donors (Lipinski definition) is 1. The number of amides is 1. The van der Waals surface area contributed by atoms with Gasteiger partial charge in [0.05, 0.1) is 11.1 Å². The molecule has 1 fully saturated rings. The second-order valence-electron chi connectivity index (χ2n) is 5.25. The Labute approximate surface area is 118 Å². The first-order chi connectivity index (χ1) is 9.81. The predicted octanol–water partition coefficient (Wildman–Crippen LogP) is 2.19. The second-order valence-corrected chi connectivity index (χ2v) is 5.25. The average molecular weight is 269 g/mol. The molecule has 0 saturated heterocycles. The minimum atomic E-state index is 0.0597. The van der Waals surface area contributed by atoms with E-state index in [2.05, 4.69) is 4.98 Å². The number of hydrogen-bond acceptors (Lipinski definition) is 3. The normalized spacial score (nSPS) is 15.1. The van der Waals surface area contributed by atoms with Gasteiger partial charge in [-0.3, -0.25) is 9.78 Å². The highest BCUT2D eigenvalue weighted by molar-refractivity contribution is 6.05. The van der Waals surface area contributed by atoms with Crippen molar-refractivity contribution in [1.82, 2.24) is 9.88 Å². The summed E-state index contributed by atoms with van der Waals surface area (Å²) in [6, 6.07) is 9.98. The quantitative estimate of drug-likeness (QED) is 0.925. The molecule has 20 heavy (non-hydrogen) atoms. The van der Waals surface area contributed by atoms with E-state index >= 15 is 0 Å². The lowest BCUT2D eigenvalue weighted by Gasteiger charge is -2.37. The van der Waals surface area contributed by atoms with Crippen LogP contribution in [0.1, 0.15) is 29.6 Å². The fourth-order valence-corrected chi connectivity index (χ4v) is 2.72. The first-order valence-corrected chi connectivity index (χ1v) is 7.16. The van der Waals surface area contributed by atoms with Gasteiger partial charge in [0, 0.05) is 30.7 Å². The maximum Gasteiger partial charge on any atom is 0.256 e. The van der Waals surface area contributed by atoms with Crippen molar-refractivity contribution in [3.05, 3.63) is 42.1 Å². The van der Waals surface area contributed by atoms with Gasteiger partial charge in [0.1, 0.15) is 0 Å². The summed E-state index contributed by atoms with van der Waals surface area (Å²) in [5.74, 6) is 0.0597. The van der Waals surface area contributed by atoms with E-state index in [0.717, 1.165) is 23.7 Å². The van der Waals surface area contributed by atoms with Gasteiger partial charge < -0.3 is 10.6 Å². The molecule has 1 aliphatic carbocycles. The highest BCUT2D eigenvalue weighted by Crippen LogP contribution is 2.27. The number of nitrogens with two attached hydrogens (primary N) is 1. The molecule has 1 aliphatic rings. The van der Waals surface area contributed by atoms with Crippen LogP contribution in [0.3, 0.4) is 0 Å². The van der Waals surface area contributed by atoms with Crippen molar-refractivity contribution in [3.63, 3.8) is 0 Å². The number of carbonyl (C=O) groups excluding carboxylic acids is 1. The summed E-state index contributed by atoms with van der Waals surface area (Å²) in [5.41, 5.74) is 7.13. The summed E-state index contributed by atoms with van der Waals surface area (Å²) >= 11 is 0. The van der Waals surface area contributed by atoms with Crippen molar-refractivity contribution in [2.75, 3.05) is 13.1 Å². The van der Waals surface area contributed by atoms with Crippen LogP contribution in [-0.4, -0.2) is 34.9 Å². The summed E-state index contributed by atoms with van der Waals surface area (Å²) in [5, 5.41) is 1.000. The van der Waals surface area contributed by atoms with E-state index in [1.165, 1.54) is 6.42 Å². The van der Waals surface area contributed by atoms with Gasteiger partial charge in [-0.2, -0.15) is 0 Å². The van der Waals surface area contributed by atoms with Crippen LogP contribution < -0.4 is 5.73 Å². The standard InChI is InChI=1S/C16H19N3O/c17-9-11-19(13-6-2-7-13)16(20)14-8-1-4-12-5-3-10-18-15(12)14/h1,3-5,8,10,13H,2,6-7,9,11,17H2. The number of nitrogens with zero attached hydrogens (tertiary/aromatic N) is 2. The van der Waals surface area contributed by atoms with Gasteiger partial charge in [-0.15, -0.1) is 0 Å². The Morgan fingerprint density at radius 1 is 1.30 bits per heavy atom. The van der Waals surface area contributed by atoms with Crippen molar-refractivity contribution in [3.8, 4) is 0 Å². The Morgan fingerprint density at radius 3 is 2.80 bits per heavy atom. The minimum Gasteiger partial charge on any atom is -0.334 e. The molecule has 1 amide bonds. The summed E-state index contributed by atoms with van der Waals surface area (Å²) in [6.07, 6.45) is 5.11. The molecule has 2 N–H and O–H groups in total. The predicted molar refractivity (Wildman–Crippen MR) is 79.5 cm³/mol. The van der Waals surface area contributed by atoms with Crippen LogP contribution in [0.5, 0.6) is 0 Å². The molecule has 0 atom stereocenters. The van der Waals surface area contributed by atoms with E-state index < -0.39 is 0 Å². The van der Waals surface area contributed by atoms with Gasteiger partial charge in [0.15, 0.2) is 0 Å². The maximum atomic E-state index is 12.8. The lowest BCUT2D eigenvalue weighted by molar-refractivity contribution is 0.0590. The van der Waals surface area contributed by atoms with Gasteiger partial charge in [-0.25, -0.2) is 0 Å². The molecule has 3 rings (SSSR count). The number of pyridine rings is 1. The van der Waals surface area contributed by atoms with E-state index in [-0.39, 0.29) is 5.91 Å². The molecule has 1 aromatic heterocycles. The van der Waals surface area contributed by atoms with Gasteiger partial charge >= 0.3 is 0 Å². The van der Waals surface area contributed by atoms with Crippen LogP contribution in [0.15, 0.2) is 36.5 Å². The van der Waals surface area contributed by atoms with E-state index in [4.69, 9.17) is 5.73 Å². The SMILES string of the molecule is NCCN(C(=O)c1cccc2cccnc12)C1CCC1. The molecule has 1 saturated carbocycles. The van der Waals surface area contributed by atoms with Gasteiger partial charge in [0.2, 0.25) is 0 Å². The van der Waals surface area contributed by atoms with Crippen molar-refractivity contribution < 1.29 is 4.79 Å². The number of para-hydroxylation sites is 1. The number of benzene rings is 1. The zero-order valence-corrected chi connectivity index (χ0v) is 11.5. The van der Waals surface area contributed by atoms with Crippen LogP contribution >= 0.6 is 0 Å². The number of fused-ring (bicyclic) bond motifs is 1. The maximum absolute atomic E-state index is 12.8. The first-order valence-electron chi connectivity index (χ1n) is 7.16. The van der Waals surface area contributed by atoms with Crippen LogP contribution in [0, 0.1) is 0 Å². The van der Waals surface area contributed by atoms with Crippen molar-refractivity contribution in [1.29, 1.82) is 0 Å². The Morgan fingerprint density at radius 2 is 2.10 bits per heavy atom. The van der Waals surface area contributed by atoms with Crippen molar-refractivity contribution >= 4 is 16.8 Å². The van der Waals surface area contributed by atoms with Crippen molar-refractivity contribution in [2.45, 2.75) is 25.3 Å². The smallest absolute Gasteiger partial charge is 0.256 e. The van der Waals surface area contributed by atoms with Crippen LogP contribution in [0.25, 0.3) is 10.9 Å². The first kappa shape index (κ1) is 13.1. The van der Waals surface area contributed by atoms with E-state index in [1.54, 1.807) is 6.20 Å². The summed E-state index contributed by atoms with van der Waals surface area (Å²) in [4.78, 5) is 19.1. The molecule has 4 heteroatoms. The van der Waals surface area contributed by atoms with Crippen LogP contribution in [0.2, 0.25) is 0 Å². The summed E-state index contributed by atoms with van der Waals surface area (Å²) in [7, 11) is 0. The molecule has 1 heterocycles. The minimum absolute atomic E-state index is 0.0597. The summed E-state index contributed by atoms with van der Waals surface area (Å²) < 4.78 is 0. The third-order valence-electron chi connectivity index (χ3n) is 4.01. The molecule has 1 aromatic carbocycles. The largest absolute Gasteiger partial charge is 0.334 e. The van der Waals surface area contributed by atoms with Crippen LogP contribution in [-0.2, 0) is 0 Å². The molecule has 0 bridgehead atoms. The highest BCUT2D eigenvalue weighted by atomic mass is 16.2. The zero-order chi connectivity index (χ0) is 13.9. The monoisotopic (exact) mass is 269 g/mol. The molecule has 0 unspecified atom stereocenters. The fraction of sp³-hybridized carbons (Fsp3) is 0.375. The Bertz CT molecular complexity index is 617. The molecule has 2 aromatic rings. The topological polar surface area (TPSA) is 59.2 Å². The third kappa shape index (κ3) is 2.27. The number of rotatable bonds is 4. The lowest BCUT2D eigenvalue weighted by Crippen LogP contribution is -2.46. The molecule has 0 aliphatic heterocycles. The molecule has 0 radical (unpaired) electrons. The Kier molecular flexibility index (Phi) is 3.65. The van der Waals surface area contributed by atoms with Gasteiger partial charge in [-0.1, -0.05) is 18.2 Å². The van der Waals surface area contributed by atoms with E-state index in [0.29, 0.717) is 24.7 Å². The molecular weight excluding hydrogens is 250 g/mol. The molecule has 0 spiro atoms. The Hall–Kier alpha value is -1.94. The molecular formula is C16H19N3O. The fourth-order valence-electron chi connectivity index (χ4n) is 2.72. The van der Waals surface area contributed by atoms with E-state index in [1.807, 2.05) is 35.2 Å². The zero-order valence-electron chi connectivity index (χ0n) is 11.5. The van der Waals surface area contributed by atoms with Crippen molar-refractivity contribution in [2.24, 2.45) is 5.73 Å². The molecule has 104 valence electrons. The van der Waals surface area contributed by atoms with Gasteiger partial charge in [0.25, 0.3) is 5.91 Å². The average Bonchev–Trinajstić information content (AvgIpc) is 2.43. The lowest BCUT2D eigenvalue weighted by atomic mass is 9.90. The number of aromatic nitrogens is 1. The number of carbonyl (C=O) groups is 1. The third-order valence-corrected chi connectivity index (χ3v) is 4.01. The Balaban J connectivity index is 1.98. The van der Waals surface area contributed by atoms with Gasteiger partial charge in [-0.05, 0) is 31.4 Å².